The molecule has 0 aliphatic carbocycles. The van der Waals surface area contributed by atoms with Crippen molar-refractivity contribution in [3.8, 4) is 0 Å². The molecule has 2 rings (SSSR count). The van der Waals surface area contributed by atoms with Crippen LogP contribution in [0.1, 0.15) is 5.56 Å². The third-order valence-corrected chi connectivity index (χ3v) is 6.39. The first-order chi connectivity index (χ1) is 9.86. The highest BCUT2D eigenvalue weighted by atomic mass is 79.9. The van der Waals surface area contributed by atoms with E-state index >= 15 is 0 Å². The molecule has 1 aromatic rings. The van der Waals surface area contributed by atoms with Gasteiger partial charge in [-0.1, -0.05) is 0 Å². The lowest BCUT2D eigenvalue weighted by Gasteiger charge is -2.33. The fraction of sp³-hybridized carbons (Fsp3) is 0.538. The van der Waals surface area contributed by atoms with Gasteiger partial charge in [0.15, 0.2) is 0 Å². The van der Waals surface area contributed by atoms with Gasteiger partial charge in [0, 0.05) is 42.9 Å². The van der Waals surface area contributed by atoms with E-state index in [2.05, 4.69) is 20.8 Å². The van der Waals surface area contributed by atoms with E-state index in [1.165, 1.54) is 10.4 Å². The molecule has 0 unspecified atom stereocenters. The van der Waals surface area contributed by atoms with Crippen LogP contribution in [0.4, 0.5) is 5.69 Å². The number of hydrogen-bond donors (Lipinski definition) is 2. The van der Waals surface area contributed by atoms with Gasteiger partial charge in [0.2, 0.25) is 10.0 Å². The van der Waals surface area contributed by atoms with Gasteiger partial charge in [-0.3, -0.25) is 4.90 Å². The predicted molar refractivity (Wildman–Crippen MR) is 85.6 cm³/mol. The topological polar surface area (TPSA) is 86.9 Å². The average molecular weight is 378 g/mol. The number of aliphatic hydroxyl groups is 1. The summed E-state index contributed by atoms with van der Waals surface area (Å²) in [6.07, 6.45) is 0. The van der Waals surface area contributed by atoms with Crippen molar-refractivity contribution in [3.63, 3.8) is 0 Å². The zero-order chi connectivity index (χ0) is 15.6. The van der Waals surface area contributed by atoms with Crippen LogP contribution in [0.3, 0.4) is 0 Å². The molecule has 118 valence electrons. The first-order valence-corrected chi connectivity index (χ1v) is 8.98. The molecule has 0 saturated carbocycles. The second kappa shape index (κ2) is 6.62. The van der Waals surface area contributed by atoms with Gasteiger partial charge in [-0.25, -0.2) is 8.42 Å². The van der Waals surface area contributed by atoms with Crippen molar-refractivity contribution in [2.75, 3.05) is 45.1 Å². The van der Waals surface area contributed by atoms with Crippen LogP contribution >= 0.6 is 15.9 Å². The van der Waals surface area contributed by atoms with Crippen molar-refractivity contribution in [2.45, 2.75) is 11.8 Å². The zero-order valence-corrected chi connectivity index (χ0v) is 14.3. The van der Waals surface area contributed by atoms with Crippen molar-refractivity contribution < 1.29 is 13.5 Å². The van der Waals surface area contributed by atoms with Crippen molar-refractivity contribution in [1.82, 2.24) is 9.21 Å². The Kier molecular flexibility index (Phi) is 5.26. The number of nitrogen functional groups attached to an aromatic ring is 1. The maximum atomic E-state index is 12.7. The summed E-state index contributed by atoms with van der Waals surface area (Å²) >= 11 is 3.30. The summed E-state index contributed by atoms with van der Waals surface area (Å²) in [6.45, 7) is 4.55. The lowest BCUT2D eigenvalue weighted by Crippen LogP contribution is -2.49. The first kappa shape index (κ1) is 16.7. The van der Waals surface area contributed by atoms with Crippen LogP contribution in [0.5, 0.6) is 0 Å². The fourth-order valence-corrected chi connectivity index (χ4v) is 4.54. The van der Waals surface area contributed by atoms with Gasteiger partial charge >= 0.3 is 0 Å². The average Bonchev–Trinajstić information content (AvgIpc) is 2.43. The smallest absolute Gasteiger partial charge is 0.243 e. The minimum Gasteiger partial charge on any atom is -0.398 e. The van der Waals surface area contributed by atoms with E-state index in [4.69, 9.17) is 10.8 Å². The number of piperazine rings is 1. The standard InChI is InChI=1S/C13H20BrN3O3S/c1-10-8-11(14)12(15)9-13(10)21(19,20)17-4-2-16(3-5-17)6-7-18/h8-9,18H,2-7,15H2,1H3. The zero-order valence-electron chi connectivity index (χ0n) is 11.9. The van der Waals surface area contributed by atoms with Gasteiger partial charge in [0.05, 0.1) is 11.5 Å². The maximum absolute atomic E-state index is 12.7. The molecule has 0 amide bonds. The lowest BCUT2D eigenvalue weighted by molar-refractivity contribution is 0.151. The van der Waals surface area contributed by atoms with Crippen molar-refractivity contribution in [1.29, 1.82) is 0 Å². The second-order valence-electron chi connectivity index (χ2n) is 5.11. The molecule has 1 fully saturated rings. The van der Waals surface area contributed by atoms with Crippen LogP contribution in [0.15, 0.2) is 21.5 Å². The number of anilines is 1. The second-order valence-corrected chi connectivity index (χ2v) is 7.87. The Hall–Kier alpha value is -0.670. The molecule has 0 aromatic heterocycles. The monoisotopic (exact) mass is 377 g/mol. The molecule has 0 spiro atoms. The normalized spacial score (nSPS) is 18.0. The van der Waals surface area contributed by atoms with Crippen molar-refractivity contribution in [2.24, 2.45) is 0 Å². The minimum atomic E-state index is -3.53. The van der Waals surface area contributed by atoms with Crippen LogP contribution in [-0.2, 0) is 10.0 Å². The number of rotatable bonds is 4. The van der Waals surface area contributed by atoms with E-state index in [9.17, 15) is 8.42 Å². The minimum absolute atomic E-state index is 0.0924. The molecule has 8 heteroatoms. The van der Waals surface area contributed by atoms with Crippen molar-refractivity contribution >= 4 is 31.6 Å². The molecule has 3 N–H and O–H groups in total. The highest BCUT2D eigenvalue weighted by Crippen LogP contribution is 2.28. The van der Waals surface area contributed by atoms with E-state index in [-0.39, 0.29) is 11.5 Å². The summed E-state index contributed by atoms with van der Waals surface area (Å²) in [5.41, 5.74) is 6.90. The van der Waals surface area contributed by atoms with Crippen molar-refractivity contribution in [3.05, 3.63) is 22.2 Å². The Morgan fingerprint density at radius 1 is 1.29 bits per heavy atom. The van der Waals surface area contributed by atoms with E-state index < -0.39 is 10.0 Å². The van der Waals surface area contributed by atoms with Crippen LogP contribution in [0.2, 0.25) is 0 Å². The molecular weight excluding hydrogens is 358 g/mol. The van der Waals surface area contributed by atoms with Crippen LogP contribution in [-0.4, -0.2) is 62.1 Å². The fourth-order valence-electron chi connectivity index (χ4n) is 2.42. The van der Waals surface area contributed by atoms with Gasteiger partial charge in [0.25, 0.3) is 0 Å². The van der Waals surface area contributed by atoms with Crippen LogP contribution < -0.4 is 5.73 Å². The quantitative estimate of drug-likeness (QED) is 0.751. The molecular formula is C13H20BrN3O3S. The highest BCUT2D eigenvalue weighted by Gasteiger charge is 2.29. The summed E-state index contributed by atoms with van der Waals surface area (Å²) in [4.78, 5) is 2.31. The van der Waals surface area contributed by atoms with Gasteiger partial charge in [0.1, 0.15) is 0 Å². The van der Waals surface area contributed by atoms with Gasteiger partial charge in [-0.2, -0.15) is 4.31 Å². The Bertz CT molecular complexity index is 613. The molecule has 1 aromatic carbocycles. The Balaban J connectivity index is 2.22. The van der Waals surface area contributed by atoms with E-state index in [1.54, 1.807) is 13.0 Å². The third kappa shape index (κ3) is 3.57. The maximum Gasteiger partial charge on any atom is 0.243 e. The summed E-state index contributed by atoms with van der Waals surface area (Å²) in [5.74, 6) is 0. The van der Waals surface area contributed by atoms with Gasteiger partial charge in [-0.15, -0.1) is 0 Å². The predicted octanol–water partition coefficient (Wildman–Crippen LogP) is 0.638. The molecule has 1 heterocycles. The number of benzene rings is 1. The lowest BCUT2D eigenvalue weighted by atomic mass is 10.2. The Labute approximate surface area is 133 Å². The first-order valence-electron chi connectivity index (χ1n) is 6.75. The summed E-state index contributed by atoms with van der Waals surface area (Å²) < 4.78 is 27.6. The van der Waals surface area contributed by atoms with E-state index in [1.807, 2.05) is 0 Å². The number of sulfonamides is 1. The summed E-state index contributed by atoms with van der Waals surface area (Å²) in [6, 6.07) is 3.24. The summed E-state index contributed by atoms with van der Waals surface area (Å²) in [7, 11) is -3.53. The number of hydrogen-bond acceptors (Lipinski definition) is 5. The molecule has 1 aliphatic rings. The molecule has 21 heavy (non-hydrogen) atoms. The van der Waals surface area contributed by atoms with Crippen LogP contribution in [0, 0.1) is 6.92 Å². The Morgan fingerprint density at radius 3 is 2.48 bits per heavy atom. The van der Waals surface area contributed by atoms with Crippen LogP contribution in [0.25, 0.3) is 0 Å². The molecule has 6 nitrogen and oxygen atoms in total. The SMILES string of the molecule is Cc1cc(Br)c(N)cc1S(=O)(=O)N1CCN(CCO)CC1. The Morgan fingerprint density at radius 2 is 1.90 bits per heavy atom. The number of nitrogens with zero attached hydrogens (tertiary/aromatic N) is 2. The molecule has 0 bridgehead atoms. The molecule has 0 atom stereocenters. The third-order valence-electron chi connectivity index (χ3n) is 3.66. The van der Waals surface area contributed by atoms with Gasteiger partial charge < -0.3 is 10.8 Å². The van der Waals surface area contributed by atoms with Gasteiger partial charge in [-0.05, 0) is 40.5 Å². The van der Waals surface area contributed by atoms with E-state index in [0.29, 0.717) is 48.4 Å². The molecule has 0 radical (unpaired) electrons. The molecule has 1 saturated heterocycles. The summed E-state index contributed by atoms with van der Waals surface area (Å²) in [5, 5.41) is 8.92. The number of nitrogens with two attached hydrogens (primary N) is 1. The molecule has 1 aliphatic heterocycles. The number of aliphatic hydroxyl groups excluding tert-OH is 1. The van der Waals surface area contributed by atoms with E-state index in [0.717, 1.165) is 0 Å². The number of halogens is 1. The largest absolute Gasteiger partial charge is 0.398 e. The number of aryl methyl sites for hydroxylation is 1. The number of β-amino-alcohol motifs (C(OH)–C–C–N with tert-alkyl or cyclic N) is 1. The highest BCUT2D eigenvalue weighted by molar-refractivity contribution is 9.10.